The lowest BCUT2D eigenvalue weighted by atomic mass is 10.2. The molecule has 13 heavy (non-hydrogen) atoms. The Morgan fingerprint density at radius 1 is 1.38 bits per heavy atom. The van der Waals surface area contributed by atoms with Crippen LogP contribution < -0.4 is 0 Å². The first kappa shape index (κ1) is 9.45. The molecular formula is C10H12O3. The van der Waals surface area contributed by atoms with E-state index in [9.17, 15) is 0 Å². The van der Waals surface area contributed by atoms with Gasteiger partial charge in [0.25, 0.3) is 0 Å². The van der Waals surface area contributed by atoms with Crippen molar-refractivity contribution in [2.24, 2.45) is 0 Å². The molecule has 0 aliphatic carbocycles. The average molecular weight is 180 g/mol. The van der Waals surface area contributed by atoms with Crippen molar-refractivity contribution in [3.05, 3.63) is 48.1 Å². The second-order valence-electron chi connectivity index (χ2n) is 2.46. The van der Waals surface area contributed by atoms with Gasteiger partial charge in [0.2, 0.25) is 0 Å². The Morgan fingerprint density at radius 2 is 2.08 bits per heavy atom. The van der Waals surface area contributed by atoms with Crippen LogP contribution in [0.2, 0.25) is 0 Å². The first-order valence-corrected chi connectivity index (χ1v) is 3.91. The number of methoxy groups -OCH3 is 1. The van der Waals surface area contributed by atoms with Gasteiger partial charge >= 0.3 is 5.95 Å². The average Bonchev–Trinajstić information content (AvgIpc) is 2.19. The van der Waals surface area contributed by atoms with E-state index >= 15 is 0 Å². The Bertz CT molecular complexity index is 267. The minimum atomic E-state index is -0.226. The summed E-state index contributed by atoms with van der Waals surface area (Å²) in [6.07, 6.45) is 1.17. The summed E-state index contributed by atoms with van der Waals surface area (Å²) in [5.41, 5.74) is 1.04. The third kappa shape index (κ3) is 3.51. The van der Waals surface area contributed by atoms with Crippen molar-refractivity contribution in [1.82, 2.24) is 0 Å². The lowest BCUT2D eigenvalue weighted by molar-refractivity contribution is 0.105. The molecule has 0 amide bonds. The van der Waals surface area contributed by atoms with Crippen molar-refractivity contribution < 1.29 is 14.6 Å². The maximum Gasteiger partial charge on any atom is 0.312 e. The van der Waals surface area contributed by atoms with E-state index in [-0.39, 0.29) is 5.95 Å². The molecule has 0 fully saturated rings. The van der Waals surface area contributed by atoms with Crippen LogP contribution in [0.5, 0.6) is 0 Å². The molecule has 0 bridgehead atoms. The third-order valence-electron chi connectivity index (χ3n) is 1.49. The maximum absolute atomic E-state index is 8.85. The van der Waals surface area contributed by atoms with Gasteiger partial charge in [0.15, 0.2) is 6.26 Å². The van der Waals surface area contributed by atoms with Gasteiger partial charge in [-0.2, -0.15) is 0 Å². The molecule has 1 aromatic carbocycles. The molecule has 0 saturated heterocycles. The van der Waals surface area contributed by atoms with Gasteiger partial charge in [0.1, 0.15) is 6.61 Å². The molecule has 3 nitrogen and oxygen atoms in total. The van der Waals surface area contributed by atoms with Crippen LogP contribution >= 0.6 is 0 Å². The first-order valence-electron chi connectivity index (χ1n) is 3.91. The zero-order chi connectivity index (χ0) is 9.52. The topological polar surface area (TPSA) is 38.7 Å². The van der Waals surface area contributed by atoms with Crippen molar-refractivity contribution in [2.75, 3.05) is 7.11 Å². The van der Waals surface area contributed by atoms with Crippen molar-refractivity contribution in [2.45, 2.75) is 6.61 Å². The van der Waals surface area contributed by atoms with Crippen molar-refractivity contribution in [3.8, 4) is 0 Å². The minimum absolute atomic E-state index is 0.226. The monoisotopic (exact) mass is 180 g/mol. The third-order valence-corrected chi connectivity index (χ3v) is 1.49. The second kappa shape index (κ2) is 5.09. The van der Waals surface area contributed by atoms with Gasteiger partial charge < -0.3 is 14.6 Å². The van der Waals surface area contributed by atoms with Gasteiger partial charge in [-0.1, -0.05) is 30.3 Å². The molecule has 0 atom stereocenters. The highest BCUT2D eigenvalue weighted by Crippen LogP contribution is 2.01. The summed E-state index contributed by atoms with van der Waals surface area (Å²) in [5, 5.41) is 8.85. The molecule has 0 unspecified atom stereocenters. The molecule has 0 aliphatic rings. The highest BCUT2D eigenvalue weighted by atomic mass is 16.6. The Hall–Kier alpha value is -1.64. The molecule has 70 valence electrons. The summed E-state index contributed by atoms with van der Waals surface area (Å²) in [5.74, 6) is -0.226. The predicted molar refractivity (Wildman–Crippen MR) is 49.0 cm³/mol. The van der Waals surface area contributed by atoms with Crippen LogP contribution in [0, 0.1) is 0 Å². The van der Waals surface area contributed by atoms with E-state index < -0.39 is 0 Å². The second-order valence-corrected chi connectivity index (χ2v) is 2.46. The van der Waals surface area contributed by atoms with Gasteiger partial charge in [-0.15, -0.1) is 0 Å². The molecule has 1 rings (SSSR count). The maximum atomic E-state index is 8.85. The molecular weight excluding hydrogens is 168 g/mol. The van der Waals surface area contributed by atoms with Gasteiger partial charge in [0.05, 0.1) is 7.11 Å². The highest BCUT2D eigenvalue weighted by molar-refractivity contribution is 5.13. The Labute approximate surface area is 77.2 Å². The van der Waals surface area contributed by atoms with Crippen molar-refractivity contribution >= 4 is 0 Å². The van der Waals surface area contributed by atoms with Crippen LogP contribution in [0.3, 0.4) is 0 Å². The SMILES string of the molecule is CO/C(O)=C/OCc1ccccc1. The highest BCUT2D eigenvalue weighted by Gasteiger charge is 1.91. The number of ether oxygens (including phenoxy) is 2. The number of aliphatic hydroxyl groups excluding tert-OH is 1. The molecule has 1 N–H and O–H groups in total. The summed E-state index contributed by atoms with van der Waals surface area (Å²) in [4.78, 5) is 0. The van der Waals surface area contributed by atoms with Gasteiger partial charge in [-0.25, -0.2) is 0 Å². The van der Waals surface area contributed by atoms with E-state index in [0.29, 0.717) is 6.61 Å². The van der Waals surface area contributed by atoms with E-state index in [1.54, 1.807) is 0 Å². The summed E-state index contributed by atoms with van der Waals surface area (Å²) >= 11 is 0. The Balaban J connectivity index is 2.36. The number of rotatable bonds is 4. The number of hydrogen-bond donors (Lipinski definition) is 1. The standard InChI is InChI=1S/C10H12O3/c1-12-10(11)8-13-7-9-5-3-2-4-6-9/h2-6,8,11H,7H2,1H3/b10-8+. The van der Waals surface area contributed by atoms with E-state index in [4.69, 9.17) is 9.84 Å². The van der Waals surface area contributed by atoms with Crippen LogP contribution in [0.25, 0.3) is 0 Å². The van der Waals surface area contributed by atoms with Crippen LogP contribution in [-0.4, -0.2) is 12.2 Å². The van der Waals surface area contributed by atoms with E-state index in [2.05, 4.69) is 4.74 Å². The van der Waals surface area contributed by atoms with E-state index in [1.807, 2.05) is 30.3 Å². The number of benzene rings is 1. The number of aliphatic hydroxyl groups is 1. The molecule has 0 aromatic heterocycles. The smallest absolute Gasteiger partial charge is 0.312 e. The van der Waals surface area contributed by atoms with Crippen LogP contribution in [0.15, 0.2) is 42.5 Å². The summed E-state index contributed by atoms with van der Waals surface area (Å²) in [6.45, 7) is 0.425. The van der Waals surface area contributed by atoms with Gasteiger partial charge in [-0.3, -0.25) is 0 Å². The quantitative estimate of drug-likeness (QED) is 0.722. The zero-order valence-corrected chi connectivity index (χ0v) is 7.43. The minimum Gasteiger partial charge on any atom is -0.489 e. The van der Waals surface area contributed by atoms with Gasteiger partial charge in [0, 0.05) is 0 Å². The Morgan fingerprint density at radius 3 is 2.69 bits per heavy atom. The summed E-state index contributed by atoms with van der Waals surface area (Å²) in [7, 11) is 1.37. The van der Waals surface area contributed by atoms with Crippen molar-refractivity contribution in [3.63, 3.8) is 0 Å². The lowest BCUT2D eigenvalue weighted by Crippen LogP contribution is -1.89. The Kier molecular flexibility index (Phi) is 3.70. The normalized spacial score (nSPS) is 11.0. The van der Waals surface area contributed by atoms with E-state index in [0.717, 1.165) is 5.56 Å². The first-order chi connectivity index (χ1) is 6.33. The van der Waals surface area contributed by atoms with Crippen LogP contribution in [0.1, 0.15) is 5.56 Å². The molecule has 0 radical (unpaired) electrons. The molecule has 3 heteroatoms. The number of hydrogen-bond acceptors (Lipinski definition) is 3. The fourth-order valence-corrected chi connectivity index (χ4v) is 0.832. The molecule has 1 aromatic rings. The molecule has 0 aliphatic heterocycles. The fraction of sp³-hybridized carbons (Fsp3) is 0.200. The zero-order valence-electron chi connectivity index (χ0n) is 7.43. The largest absolute Gasteiger partial charge is 0.489 e. The summed E-state index contributed by atoms with van der Waals surface area (Å²) in [6, 6.07) is 9.68. The molecule has 0 spiro atoms. The van der Waals surface area contributed by atoms with Gasteiger partial charge in [-0.05, 0) is 5.56 Å². The van der Waals surface area contributed by atoms with Crippen LogP contribution in [0.4, 0.5) is 0 Å². The van der Waals surface area contributed by atoms with Crippen molar-refractivity contribution in [1.29, 1.82) is 0 Å². The molecule has 0 saturated carbocycles. The van der Waals surface area contributed by atoms with E-state index in [1.165, 1.54) is 13.4 Å². The fourth-order valence-electron chi connectivity index (χ4n) is 0.832. The molecule has 0 heterocycles. The lowest BCUT2D eigenvalue weighted by Gasteiger charge is -2.01. The predicted octanol–water partition coefficient (Wildman–Crippen LogP) is 2.21. The van der Waals surface area contributed by atoms with Crippen LogP contribution in [-0.2, 0) is 16.1 Å². The summed E-state index contributed by atoms with van der Waals surface area (Å²) < 4.78 is 9.52.